The number of fused-ring (bicyclic) bond motifs is 11. The summed E-state index contributed by atoms with van der Waals surface area (Å²) in [5, 5.41) is 4.67. The summed E-state index contributed by atoms with van der Waals surface area (Å²) in [6.07, 6.45) is 0. The summed E-state index contributed by atoms with van der Waals surface area (Å²) < 4.78 is 22.3. The fourth-order valence-electron chi connectivity index (χ4n) is 8.90. The van der Waals surface area contributed by atoms with Gasteiger partial charge < -0.3 is 9.32 Å². The minimum Gasteiger partial charge on any atom is -0.454 e. The zero-order chi connectivity index (χ0) is 33.2. The van der Waals surface area contributed by atoms with Crippen LogP contribution in [0.25, 0.3) is 55.0 Å². The number of para-hydroxylation sites is 3. The van der Waals surface area contributed by atoms with Crippen LogP contribution >= 0.6 is 0 Å². The number of rotatable bonds is 3. The zero-order valence-electron chi connectivity index (χ0n) is 27.9. The van der Waals surface area contributed by atoms with Crippen molar-refractivity contribution in [1.29, 1.82) is 0 Å². The second-order valence-electron chi connectivity index (χ2n) is 14.7. The number of anilines is 3. The topological polar surface area (TPSA) is 16.4 Å². The highest BCUT2D eigenvalue weighted by molar-refractivity contribution is 6.10. The molecule has 0 fully saturated rings. The zero-order valence-corrected chi connectivity index (χ0v) is 27.9. The Morgan fingerprint density at radius 3 is 1.98 bits per heavy atom. The summed E-state index contributed by atoms with van der Waals surface area (Å²) in [7, 11) is 0. The molecule has 7 aromatic carbocycles. The molecule has 0 N–H and O–H groups in total. The van der Waals surface area contributed by atoms with Gasteiger partial charge in [0.2, 0.25) is 0 Å². The van der Waals surface area contributed by atoms with E-state index in [2.05, 4.69) is 107 Å². The van der Waals surface area contributed by atoms with Crippen molar-refractivity contribution in [2.75, 3.05) is 4.90 Å². The van der Waals surface area contributed by atoms with Crippen molar-refractivity contribution in [3.05, 3.63) is 162 Å². The molecule has 0 atom stereocenters. The quantitative estimate of drug-likeness (QED) is 0.192. The Morgan fingerprint density at radius 1 is 0.510 bits per heavy atom. The van der Waals surface area contributed by atoms with E-state index < -0.39 is 0 Å². The molecule has 0 unspecified atom stereocenters. The summed E-state index contributed by atoms with van der Waals surface area (Å²) in [6.45, 7) is 9.38. The van der Waals surface area contributed by atoms with Crippen LogP contribution in [0.4, 0.5) is 21.5 Å². The largest absolute Gasteiger partial charge is 0.454 e. The lowest BCUT2D eigenvalue weighted by molar-refractivity contribution is 0.628. The van der Waals surface area contributed by atoms with E-state index in [0.29, 0.717) is 5.69 Å². The third kappa shape index (κ3) is 3.76. The first-order chi connectivity index (χ1) is 23.7. The highest BCUT2D eigenvalue weighted by Gasteiger charge is 2.42. The second kappa shape index (κ2) is 9.70. The van der Waals surface area contributed by atoms with Crippen molar-refractivity contribution in [3.63, 3.8) is 0 Å². The van der Waals surface area contributed by atoms with Crippen LogP contribution < -0.4 is 4.90 Å². The van der Waals surface area contributed by atoms with Gasteiger partial charge in [-0.05, 0) is 104 Å². The molecule has 0 radical (unpaired) electrons. The summed E-state index contributed by atoms with van der Waals surface area (Å²) in [6, 6.07) is 46.1. The molecule has 1 aromatic heterocycles. The minimum atomic E-state index is -0.288. The lowest BCUT2D eigenvalue weighted by Crippen LogP contribution is -2.18. The molecule has 1 heterocycles. The third-order valence-electron chi connectivity index (χ3n) is 11.3. The van der Waals surface area contributed by atoms with Crippen molar-refractivity contribution in [2.45, 2.75) is 38.5 Å². The summed E-state index contributed by atoms with van der Waals surface area (Å²) >= 11 is 0. The minimum absolute atomic E-state index is 0.139. The van der Waals surface area contributed by atoms with Crippen molar-refractivity contribution >= 4 is 49.8 Å². The Balaban J connectivity index is 1.17. The van der Waals surface area contributed by atoms with Crippen molar-refractivity contribution in [3.8, 4) is 22.3 Å². The maximum absolute atomic E-state index is 15.8. The van der Waals surface area contributed by atoms with E-state index in [1.54, 1.807) is 6.07 Å². The predicted molar refractivity (Wildman–Crippen MR) is 201 cm³/mol. The summed E-state index contributed by atoms with van der Waals surface area (Å²) in [4.78, 5) is 2.02. The molecular formula is C46H34FNO. The third-order valence-corrected chi connectivity index (χ3v) is 11.3. The number of halogens is 1. The first kappa shape index (κ1) is 28.4. The molecule has 10 rings (SSSR count). The van der Waals surface area contributed by atoms with Crippen LogP contribution in [0, 0.1) is 5.82 Å². The predicted octanol–water partition coefficient (Wildman–Crippen LogP) is 13.0. The van der Waals surface area contributed by atoms with Gasteiger partial charge >= 0.3 is 0 Å². The molecule has 0 bridgehead atoms. The fourth-order valence-corrected chi connectivity index (χ4v) is 8.90. The van der Waals surface area contributed by atoms with E-state index in [1.807, 2.05) is 47.4 Å². The molecule has 0 spiro atoms. The van der Waals surface area contributed by atoms with E-state index in [1.165, 1.54) is 61.3 Å². The van der Waals surface area contributed by atoms with Gasteiger partial charge in [-0.1, -0.05) is 113 Å². The Bertz CT molecular complexity index is 2690. The molecule has 2 nitrogen and oxygen atoms in total. The molecule has 0 saturated heterocycles. The lowest BCUT2D eigenvalue weighted by atomic mass is 9.78. The molecule has 0 saturated carbocycles. The van der Waals surface area contributed by atoms with Crippen LogP contribution in [-0.2, 0) is 10.8 Å². The molecule has 2 aliphatic carbocycles. The van der Waals surface area contributed by atoms with Crippen molar-refractivity contribution < 1.29 is 8.81 Å². The van der Waals surface area contributed by atoms with Crippen molar-refractivity contribution in [2.24, 2.45) is 0 Å². The first-order valence-corrected chi connectivity index (χ1v) is 17.0. The SMILES string of the molecule is CC1(C)c2cc(N(c3ccccc3F)c3cccc4c3oc3ccccc34)ccc2-c2cc3c(cc21)-c1ccc2ccccc2c1C3(C)C. The van der Waals surface area contributed by atoms with E-state index in [0.717, 1.165) is 33.3 Å². The smallest absolute Gasteiger partial charge is 0.159 e. The van der Waals surface area contributed by atoms with E-state index >= 15 is 4.39 Å². The van der Waals surface area contributed by atoms with Crippen LogP contribution in [0.2, 0.25) is 0 Å². The number of hydrogen-bond acceptors (Lipinski definition) is 2. The number of hydrogen-bond donors (Lipinski definition) is 0. The van der Waals surface area contributed by atoms with Crippen LogP contribution in [0.15, 0.2) is 138 Å². The lowest BCUT2D eigenvalue weighted by Gasteiger charge is -2.28. The van der Waals surface area contributed by atoms with Gasteiger partial charge in [0.25, 0.3) is 0 Å². The van der Waals surface area contributed by atoms with Gasteiger partial charge in [-0.3, -0.25) is 0 Å². The standard InChI is InChI=1S/C46H34FNO/c1-45(2)36-24-28(48(40-17-9-8-16-39(40)47)41-18-11-15-33-31-14-7-10-19-42(31)49-44(33)41)21-23-30(36)34-25-38-35(26-37(34)45)32-22-20-27-12-5-6-13-29(27)43(32)46(38,3)4/h5-26H,1-4H3. The van der Waals surface area contributed by atoms with Crippen LogP contribution in [-0.4, -0.2) is 0 Å². The first-order valence-electron chi connectivity index (χ1n) is 17.0. The van der Waals surface area contributed by atoms with Gasteiger partial charge in [-0.15, -0.1) is 0 Å². The molecule has 2 aliphatic rings. The number of nitrogens with zero attached hydrogens (tertiary/aromatic N) is 1. The van der Waals surface area contributed by atoms with Crippen LogP contribution in [0.3, 0.4) is 0 Å². The maximum atomic E-state index is 15.8. The van der Waals surface area contributed by atoms with Gasteiger partial charge in [-0.2, -0.15) is 0 Å². The van der Waals surface area contributed by atoms with E-state index in [-0.39, 0.29) is 16.6 Å². The normalized spacial score (nSPS) is 15.0. The Hall–Kier alpha value is -5.67. The Labute approximate surface area is 285 Å². The van der Waals surface area contributed by atoms with Gasteiger partial charge in [0.05, 0.1) is 11.4 Å². The van der Waals surface area contributed by atoms with Crippen molar-refractivity contribution in [1.82, 2.24) is 0 Å². The second-order valence-corrected chi connectivity index (χ2v) is 14.7. The summed E-state index contributed by atoms with van der Waals surface area (Å²) in [5.41, 5.74) is 13.8. The Morgan fingerprint density at radius 2 is 1.14 bits per heavy atom. The van der Waals surface area contributed by atoms with Gasteiger partial charge in [0.1, 0.15) is 11.4 Å². The highest BCUT2D eigenvalue weighted by Crippen LogP contribution is 2.58. The molecule has 3 heteroatoms. The van der Waals surface area contributed by atoms with E-state index in [9.17, 15) is 0 Å². The van der Waals surface area contributed by atoms with Crippen LogP contribution in [0.1, 0.15) is 49.9 Å². The summed E-state index contributed by atoms with van der Waals surface area (Å²) in [5.74, 6) is -0.288. The molecule has 8 aromatic rings. The monoisotopic (exact) mass is 635 g/mol. The number of furan rings is 1. The van der Waals surface area contributed by atoms with Gasteiger partial charge in [0, 0.05) is 27.3 Å². The highest BCUT2D eigenvalue weighted by atomic mass is 19.1. The molecular weight excluding hydrogens is 602 g/mol. The van der Waals surface area contributed by atoms with Gasteiger partial charge in [0.15, 0.2) is 5.58 Å². The van der Waals surface area contributed by atoms with E-state index in [4.69, 9.17) is 4.42 Å². The molecule has 0 amide bonds. The molecule has 236 valence electrons. The van der Waals surface area contributed by atoms with Crippen LogP contribution in [0.5, 0.6) is 0 Å². The maximum Gasteiger partial charge on any atom is 0.159 e. The average molecular weight is 636 g/mol. The fraction of sp³-hybridized carbons (Fsp3) is 0.130. The molecule has 49 heavy (non-hydrogen) atoms. The Kier molecular flexibility index (Phi) is 5.61. The number of benzene rings is 7. The average Bonchev–Trinajstić information content (AvgIpc) is 3.68. The van der Waals surface area contributed by atoms with Gasteiger partial charge in [-0.25, -0.2) is 4.39 Å². The molecule has 0 aliphatic heterocycles.